The summed E-state index contributed by atoms with van der Waals surface area (Å²) in [7, 11) is 0. The minimum Gasteiger partial charge on any atom is -0.508 e. The van der Waals surface area contributed by atoms with Gasteiger partial charge in [-0.2, -0.15) is 13.2 Å². The molecule has 5 rings (SSSR count). The number of aromatic hydroxyl groups is 1. The van der Waals surface area contributed by atoms with Gasteiger partial charge in [-0.1, -0.05) is 12.1 Å². The molecule has 0 unspecified atom stereocenters. The molecule has 6 N–H and O–H groups in total. The number of halogens is 3. The van der Waals surface area contributed by atoms with Crippen LogP contribution in [0.1, 0.15) is 17.5 Å². The van der Waals surface area contributed by atoms with Crippen molar-refractivity contribution in [2.75, 3.05) is 32.7 Å². The maximum Gasteiger partial charge on any atom is 0.401 e. The topological polar surface area (TPSA) is 165 Å². The van der Waals surface area contributed by atoms with Gasteiger partial charge in [0.25, 0.3) is 5.91 Å². The Hall–Kier alpha value is -3.42. The van der Waals surface area contributed by atoms with Gasteiger partial charge < -0.3 is 26.2 Å². The normalized spacial score (nSPS) is 30.7. The van der Waals surface area contributed by atoms with Gasteiger partial charge in [-0.05, 0) is 30.4 Å². The maximum atomic E-state index is 13.8. The molecule has 1 amide bonds. The number of carbonyl (C=O) groups is 3. The molecule has 1 aromatic carbocycles. The van der Waals surface area contributed by atoms with Crippen molar-refractivity contribution in [2.45, 2.75) is 30.7 Å². The summed E-state index contributed by atoms with van der Waals surface area (Å²) in [5.74, 6) is -7.49. The van der Waals surface area contributed by atoms with Crippen molar-refractivity contribution >= 4 is 23.2 Å². The minimum atomic E-state index is -4.41. The van der Waals surface area contributed by atoms with Crippen LogP contribution in [0.4, 0.5) is 13.2 Å². The van der Waals surface area contributed by atoms with E-state index in [4.69, 9.17) is 5.73 Å². The summed E-state index contributed by atoms with van der Waals surface area (Å²) in [4.78, 5) is 42.2. The fourth-order valence-electron chi connectivity index (χ4n) is 6.46. The Bertz CT molecular complexity index is 1300. The zero-order valence-electron chi connectivity index (χ0n) is 20.0. The van der Waals surface area contributed by atoms with Crippen molar-refractivity contribution in [3.63, 3.8) is 0 Å². The number of hydrogen-bond acceptors (Lipinski definition) is 9. The predicted octanol–water partition coefficient (Wildman–Crippen LogP) is 0.582. The van der Waals surface area contributed by atoms with E-state index in [9.17, 15) is 48.0 Å². The lowest BCUT2D eigenvalue weighted by molar-refractivity contribution is -0.161. The number of nitrogens with zero attached hydrogens (tertiary/aromatic N) is 2. The third kappa shape index (κ3) is 3.87. The van der Waals surface area contributed by atoms with Gasteiger partial charge in [0.15, 0.2) is 11.4 Å². The van der Waals surface area contributed by atoms with Crippen molar-refractivity contribution in [3.8, 4) is 5.75 Å². The number of ketones is 2. The molecular weight excluding hydrogens is 511 g/mol. The van der Waals surface area contributed by atoms with Crippen LogP contribution in [0.2, 0.25) is 0 Å². The number of hydrogen-bond donors (Lipinski definition) is 5. The second-order valence-corrected chi connectivity index (χ2v) is 10.2. The summed E-state index contributed by atoms with van der Waals surface area (Å²) in [6.45, 7) is -1.33. The molecule has 4 aliphatic rings. The van der Waals surface area contributed by atoms with Crippen LogP contribution >= 0.6 is 0 Å². The Balaban J connectivity index is 1.57. The number of fused-ring (bicyclic) bond motifs is 3. The van der Waals surface area contributed by atoms with Crippen molar-refractivity contribution in [1.29, 1.82) is 0 Å². The molecule has 0 radical (unpaired) electrons. The molecular formula is C25H26F3N3O7. The molecule has 1 heterocycles. The number of benzene rings is 1. The minimum absolute atomic E-state index is 0.0111. The van der Waals surface area contributed by atoms with Gasteiger partial charge in [0.2, 0.25) is 5.78 Å². The fourth-order valence-corrected chi connectivity index (χ4v) is 6.46. The van der Waals surface area contributed by atoms with E-state index < -0.39 is 70.8 Å². The van der Waals surface area contributed by atoms with Crippen LogP contribution in [-0.2, 0) is 20.8 Å². The number of phenolic OH excluding ortho intramolecular Hbond substituents is 1. The highest BCUT2D eigenvalue weighted by atomic mass is 19.4. The molecule has 0 aromatic heterocycles. The highest BCUT2D eigenvalue weighted by Gasteiger charge is 2.64. The molecule has 13 heteroatoms. The summed E-state index contributed by atoms with van der Waals surface area (Å²) in [6, 6.07) is 3.20. The average Bonchev–Trinajstić information content (AvgIpc) is 2.81. The summed E-state index contributed by atoms with van der Waals surface area (Å²) >= 11 is 0. The largest absolute Gasteiger partial charge is 0.508 e. The Kier molecular flexibility index (Phi) is 6.08. The van der Waals surface area contributed by atoms with Gasteiger partial charge in [-0.3, -0.25) is 24.2 Å². The average molecular weight is 537 g/mol. The number of phenols is 1. The first-order chi connectivity index (χ1) is 17.8. The van der Waals surface area contributed by atoms with Crippen molar-refractivity contribution in [1.82, 2.24) is 9.80 Å². The number of Topliss-reactive ketones (excluding diaryl/α,β-unsaturated/α-hetero) is 2. The molecule has 0 spiro atoms. The monoisotopic (exact) mass is 537 g/mol. The molecule has 2 fully saturated rings. The molecule has 204 valence electrons. The molecule has 1 aromatic rings. The first-order valence-electron chi connectivity index (χ1n) is 12.1. The van der Waals surface area contributed by atoms with Crippen LogP contribution in [0.3, 0.4) is 0 Å². The quantitative estimate of drug-likeness (QED) is 0.347. The highest BCUT2D eigenvalue weighted by molar-refractivity contribution is 6.24. The standard InChI is InChI=1S/C25H26F3N3O7/c26-24(27,28)10-30-4-6-31(7-5-30)18-13-9-12-8-11-2-1-3-14(32)15(11)19(33)16(12)21(35)25(13,38)22(36)17(20(18)34)23(29)37/h1-3,12-13,18,32-33,36,38H,4-10H2,(H2,29,37)/t12-,13-,18+,25-/m0/s1. The number of amides is 1. The fraction of sp³-hybridized carbons (Fsp3) is 0.480. The number of piperazine rings is 1. The number of carbonyl (C=O) groups excluding carboxylic acids is 3. The second-order valence-electron chi connectivity index (χ2n) is 10.2. The van der Waals surface area contributed by atoms with Crippen molar-refractivity contribution < 1.29 is 48.0 Å². The van der Waals surface area contributed by atoms with E-state index >= 15 is 0 Å². The zero-order chi connectivity index (χ0) is 27.7. The summed E-state index contributed by atoms with van der Waals surface area (Å²) in [5, 5.41) is 43.9. The van der Waals surface area contributed by atoms with Gasteiger partial charge in [0.05, 0.1) is 18.2 Å². The van der Waals surface area contributed by atoms with E-state index in [-0.39, 0.29) is 55.9 Å². The third-order valence-electron chi connectivity index (χ3n) is 8.10. The summed E-state index contributed by atoms with van der Waals surface area (Å²) in [6.07, 6.45) is -4.32. The molecule has 10 nitrogen and oxygen atoms in total. The van der Waals surface area contributed by atoms with Crippen LogP contribution in [0.15, 0.2) is 35.1 Å². The third-order valence-corrected chi connectivity index (χ3v) is 8.10. The van der Waals surface area contributed by atoms with Crippen LogP contribution < -0.4 is 5.73 Å². The first kappa shape index (κ1) is 26.2. The van der Waals surface area contributed by atoms with Gasteiger partial charge in [0.1, 0.15) is 22.8 Å². The number of primary amides is 1. The molecule has 0 bridgehead atoms. The van der Waals surface area contributed by atoms with Crippen molar-refractivity contribution in [3.05, 3.63) is 46.2 Å². The SMILES string of the molecule is NC(=O)C1=C(O)[C@@]2(O)C(=O)C3=C(O)c4c(O)cccc4C[C@H]3C[C@H]2[C@@H](N2CCN(CC(F)(F)F)CC2)C1=O. The molecule has 1 saturated heterocycles. The van der Waals surface area contributed by atoms with Crippen LogP contribution in [0, 0.1) is 11.8 Å². The van der Waals surface area contributed by atoms with Crippen LogP contribution in [0.5, 0.6) is 5.75 Å². The van der Waals surface area contributed by atoms with Crippen LogP contribution in [0.25, 0.3) is 5.76 Å². The van der Waals surface area contributed by atoms with Gasteiger partial charge in [0, 0.05) is 37.7 Å². The number of rotatable bonds is 3. The second kappa shape index (κ2) is 8.82. The summed E-state index contributed by atoms with van der Waals surface area (Å²) < 4.78 is 38.6. The first-order valence-corrected chi connectivity index (χ1v) is 12.1. The van der Waals surface area contributed by atoms with Crippen LogP contribution in [-0.4, -0.2) is 98.2 Å². The smallest absolute Gasteiger partial charge is 0.401 e. The number of aliphatic hydroxyl groups excluding tert-OH is 2. The summed E-state index contributed by atoms with van der Waals surface area (Å²) in [5.41, 5.74) is 1.89. The molecule has 3 aliphatic carbocycles. The Morgan fingerprint density at radius 1 is 1.11 bits per heavy atom. The Labute approximate surface area is 214 Å². The van der Waals surface area contributed by atoms with E-state index in [0.29, 0.717) is 5.56 Å². The predicted molar refractivity (Wildman–Crippen MR) is 125 cm³/mol. The van der Waals surface area contributed by atoms with Gasteiger partial charge in [-0.15, -0.1) is 0 Å². The molecule has 38 heavy (non-hydrogen) atoms. The van der Waals surface area contributed by atoms with Gasteiger partial charge >= 0.3 is 6.18 Å². The lowest BCUT2D eigenvalue weighted by Crippen LogP contribution is -2.68. The number of alkyl halides is 3. The van der Waals surface area contributed by atoms with E-state index in [1.807, 2.05) is 0 Å². The zero-order valence-corrected chi connectivity index (χ0v) is 20.0. The lowest BCUT2D eigenvalue weighted by Gasteiger charge is -2.52. The number of nitrogens with two attached hydrogens (primary N) is 1. The van der Waals surface area contributed by atoms with E-state index in [1.165, 1.54) is 11.0 Å². The molecule has 4 atom stereocenters. The van der Waals surface area contributed by atoms with E-state index in [0.717, 1.165) is 4.90 Å². The van der Waals surface area contributed by atoms with E-state index in [1.54, 1.807) is 12.1 Å². The number of aliphatic hydroxyl groups is 3. The molecule has 1 saturated carbocycles. The maximum absolute atomic E-state index is 13.8. The van der Waals surface area contributed by atoms with Gasteiger partial charge in [-0.25, -0.2) is 0 Å². The Morgan fingerprint density at radius 2 is 1.76 bits per heavy atom. The molecule has 1 aliphatic heterocycles. The van der Waals surface area contributed by atoms with E-state index in [2.05, 4.69) is 0 Å². The highest BCUT2D eigenvalue weighted by Crippen LogP contribution is 2.52. The Morgan fingerprint density at radius 3 is 2.37 bits per heavy atom. The van der Waals surface area contributed by atoms with Crippen molar-refractivity contribution in [2.24, 2.45) is 17.6 Å². The lowest BCUT2D eigenvalue weighted by atomic mass is 9.57.